The Morgan fingerprint density at radius 1 is 1.50 bits per heavy atom. The maximum absolute atomic E-state index is 10.6. The van der Waals surface area contributed by atoms with Gasteiger partial charge in [-0.3, -0.25) is 10.0 Å². The number of carboxylic acids is 1. The summed E-state index contributed by atoms with van der Waals surface area (Å²) < 4.78 is 4.53. The predicted molar refractivity (Wildman–Crippen MR) is 34.9 cm³/mol. The summed E-state index contributed by atoms with van der Waals surface area (Å²) in [5.41, 5.74) is 1.16. The first-order valence-corrected chi connectivity index (χ1v) is 2.91. The van der Waals surface area contributed by atoms with Crippen molar-refractivity contribution in [2.24, 2.45) is 0 Å². The predicted octanol–water partition coefficient (Wildman–Crippen LogP) is 0.0968. The summed E-state index contributed by atoms with van der Waals surface area (Å²) in [6, 6.07) is 1.01. The summed E-state index contributed by atoms with van der Waals surface area (Å²) >= 11 is 0. The number of carbonyl (C=O) groups is 2. The molecule has 0 fully saturated rings. The van der Waals surface area contributed by atoms with E-state index in [-0.39, 0.29) is 11.3 Å². The number of aromatic carboxylic acids is 1. The fraction of sp³-hybridized carbons (Fsp3) is 0. The van der Waals surface area contributed by atoms with Gasteiger partial charge in [0.15, 0.2) is 5.76 Å². The molecule has 1 aromatic rings. The molecule has 6 heteroatoms. The Balaban J connectivity index is 2.91. The molecule has 0 aliphatic carbocycles. The van der Waals surface area contributed by atoms with Gasteiger partial charge in [-0.25, -0.2) is 10.3 Å². The largest absolute Gasteiger partial charge is 0.478 e. The Labute approximate surface area is 66.4 Å². The van der Waals surface area contributed by atoms with Crippen LogP contribution in [-0.4, -0.2) is 22.2 Å². The molecule has 0 radical (unpaired) electrons. The van der Waals surface area contributed by atoms with E-state index >= 15 is 0 Å². The van der Waals surface area contributed by atoms with Crippen molar-refractivity contribution < 1.29 is 24.3 Å². The summed E-state index contributed by atoms with van der Waals surface area (Å²) in [4.78, 5) is 20.9. The van der Waals surface area contributed by atoms with E-state index < -0.39 is 11.9 Å². The van der Waals surface area contributed by atoms with Crippen LogP contribution in [0, 0.1) is 0 Å². The lowest BCUT2D eigenvalue weighted by Gasteiger charge is -1.89. The average Bonchev–Trinajstić information content (AvgIpc) is 2.51. The third kappa shape index (κ3) is 1.43. The Bertz CT molecular complexity index is 315. The summed E-state index contributed by atoms with van der Waals surface area (Å²) in [7, 11) is 0. The van der Waals surface area contributed by atoms with Crippen LogP contribution in [0.2, 0.25) is 0 Å². The van der Waals surface area contributed by atoms with Crippen LogP contribution in [0.5, 0.6) is 0 Å². The molecule has 1 aromatic heterocycles. The molecule has 64 valence electrons. The second-order valence-corrected chi connectivity index (χ2v) is 1.95. The quantitative estimate of drug-likeness (QED) is 0.432. The Morgan fingerprint density at radius 2 is 2.17 bits per heavy atom. The van der Waals surface area contributed by atoms with Crippen molar-refractivity contribution in [2.75, 3.05) is 0 Å². The smallest absolute Gasteiger partial charge is 0.338 e. The van der Waals surface area contributed by atoms with Gasteiger partial charge < -0.3 is 9.52 Å². The lowest BCUT2D eigenvalue weighted by molar-refractivity contribution is 0.0674. The minimum Gasteiger partial charge on any atom is -0.478 e. The maximum Gasteiger partial charge on any atom is 0.338 e. The molecule has 1 heterocycles. The molecule has 1 amide bonds. The monoisotopic (exact) mass is 171 g/mol. The number of carboxylic acid groups (broad SMARTS) is 1. The van der Waals surface area contributed by atoms with Crippen LogP contribution in [0.4, 0.5) is 0 Å². The molecule has 0 saturated carbocycles. The number of rotatable bonds is 2. The van der Waals surface area contributed by atoms with E-state index in [1.165, 1.54) is 5.48 Å². The van der Waals surface area contributed by atoms with E-state index in [0.29, 0.717) is 0 Å². The SMILES string of the molecule is O=C(O)c1coc(C(=O)NO)c1. The maximum atomic E-state index is 10.6. The molecule has 0 aliphatic heterocycles. The number of hydrogen-bond acceptors (Lipinski definition) is 4. The fourth-order valence-corrected chi connectivity index (χ4v) is 0.623. The first-order valence-electron chi connectivity index (χ1n) is 2.91. The van der Waals surface area contributed by atoms with Gasteiger partial charge in [-0.05, 0) is 0 Å². The second-order valence-electron chi connectivity index (χ2n) is 1.95. The summed E-state index contributed by atoms with van der Waals surface area (Å²) in [6.45, 7) is 0. The normalized spacial score (nSPS) is 9.42. The highest BCUT2D eigenvalue weighted by atomic mass is 16.5. The van der Waals surface area contributed by atoms with Crippen LogP contribution in [0.15, 0.2) is 16.7 Å². The first-order chi connectivity index (χ1) is 5.65. The van der Waals surface area contributed by atoms with Crippen molar-refractivity contribution in [2.45, 2.75) is 0 Å². The zero-order valence-corrected chi connectivity index (χ0v) is 5.77. The minimum absolute atomic E-state index is 0.145. The van der Waals surface area contributed by atoms with Crippen molar-refractivity contribution in [1.82, 2.24) is 5.48 Å². The standard InChI is InChI=1S/C6H5NO5/c8-5(7-11)4-1-3(2-12-4)6(9)10/h1-2,11H,(H,7,8)(H,9,10). The zero-order valence-electron chi connectivity index (χ0n) is 5.77. The van der Waals surface area contributed by atoms with E-state index in [1.807, 2.05) is 0 Å². The molecule has 3 N–H and O–H groups in total. The third-order valence-electron chi connectivity index (χ3n) is 1.17. The van der Waals surface area contributed by atoms with Gasteiger partial charge in [-0.2, -0.15) is 0 Å². The van der Waals surface area contributed by atoms with Gasteiger partial charge in [0.1, 0.15) is 6.26 Å². The minimum atomic E-state index is -1.20. The van der Waals surface area contributed by atoms with Gasteiger partial charge >= 0.3 is 11.9 Å². The highest BCUT2D eigenvalue weighted by Gasteiger charge is 2.13. The molecule has 0 atom stereocenters. The van der Waals surface area contributed by atoms with Gasteiger partial charge in [0.2, 0.25) is 0 Å². The molecule has 6 nitrogen and oxygen atoms in total. The van der Waals surface area contributed by atoms with E-state index in [2.05, 4.69) is 4.42 Å². The Morgan fingerprint density at radius 3 is 2.58 bits per heavy atom. The molecule has 0 bridgehead atoms. The summed E-state index contributed by atoms with van der Waals surface area (Å²) in [6.07, 6.45) is 0.910. The van der Waals surface area contributed by atoms with Gasteiger partial charge in [0.05, 0.1) is 5.56 Å². The molecule has 0 saturated heterocycles. The number of hydroxylamine groups is 1. The summed E-state index contributed by atoms with van der Waals surface area (Å²) in [5, 5.41) is 16.5. The van der Waals surface area contributed by atoms with Crippen LogP contribution in [0.3, 0.4) is 0 Å². The molecular weight excluding hydrogens is 166 g/mol. The second kappa shape index (κ2) is 3.05. The lowest BCUT2D eigenvalue weighted by Crippen LogP contribution is -2.17. The molecule has 1 rings (SSSR count). The molecule has 12 heavy (non-hydrogen) atoms. The van der Waals surface area contributed by atoms with Gasteiger partial charge in [0, 0.05) is 6.07 Å². The van der Waals surface area contributed by atoms with Gasteiger partial charge in [-0.1, -0.05) is 0 Å². The van der Waals surface area contributed by atoms with Gasteiger partial charge in [-0.15, -0.1) is 0 Å². The van der Waals surface area contributed by atoms with Crippen LogP contribution < -0.4 is 5.48 Å². The highest BCUT2D eigenvalue weighted by Crippen LogP contribution is 2.06. The van der Waals surface area contributed by atoms with E-state index in [1.54, 1.807) is 0 Å². The van der Waals surface area contributed by atoms with Crippen molar-refractivity contribution in [3.8, 4) is 0 Å². The molecular formula is C6H5NO5. The number of amides is 1. The molecule has 0 unspecified atom stereocenters. The van der Waals surface area contributed by atoms with Gasteiger partial charge in [0.25, 0.3) is 0 Å². The van der Waals surface area contributed by atoms with Crippen molar-refractivity contribution in [1.29, 1.82) is 0 Å². The first kappa shape index (κ1) is 8.28. The van der Waals surface area contributed by atoms with Crippen molar-refractivity contribution in [3.05, 3.63) is 23.7 Å². The highest BCUT2D eigenvalue weighted by molar-refractivity contribution is 5.94. The van der Waals surface area contributed by atoms with Crippen molar-refractivity contribution in [3.63, 3.8) is 0 Å². The third-order valence-corrected chi connectivity index (χ3v) is 1.17. The van der Waals surface area contributed by atoms with Crippen molar-refractivity contribution >= 4 is 11.9 Å². The lowest BCUT2D eigenvalue weighted by atomic mass is 10.3. The molecule has 0 aliphatic rings. The van der Waals surface area contributed by atoms with E-state index in [9.17, 15) is 9.59 Å². The number of hydrogen-bond donors (Lipinski definition) is 3. The number of furan rings is 1. The van der Waals surface area contributed by atoms with E-state index in [0.717, 1.165) is 12.3 Å². The van der Waals surface area contributed by atoms with E-state index in [4.69, 9.17) is 10.3 Å². The van der Waals surface area contributed by atoms with Crippen LogP contribution in [0.1, 0.15) is 20.9 Å². The number of carbonyl (C=O) groups excluding carboxylic acids is 1. The topological polar surface area (TPSA) is 99.8 Å². The van der Waals surface area contributed by atoms with Crippen LogP contribution in [0.25, 0.3) is 0 Å². The molecule has 0 aromatic carbocycles. The van der Waals surface area contributed by atoms with Crippen LogP contribution >= 0.6 is 0 Å². The average molecular weight is 171 g/mol. The Kier molecular flexibility index (Phi) is 2.11. The molecule has 0 spiro atoms. The zero-order chi connectivity index (χ0) is 9.14. The summed E-state index contributed by atoms with van der Waals surface area (Å²) in [5.74, 6) is -2.34. The number of nitrogens with one attached hydrogen (secondary N) is 1. The van der Waals surface area contributed by atoms with Crippen LogP contribution in [-0.2, 0) is 0 Å². The Hall–Kier alpha value is -1.82. The fourth-order valence-electron chi connectivity index (χ4n) is 0.623.